The van der Waals surface area contributed by atoms with Gasteiger partial charge in [-0.2, -0.15) is 57.9 Å². The number of aromatic nitrogens is 5. The normalized spacial score (nSPS) is 19.3. The second-order valence-electron chi connectivity index (χ2n) is 30.6. The molecule has 0 bridgehead atoms. The molecule has 0 aliphatic carbocycles. The van der Waals surface area contributed by atoms with E-state index in [0.29, 0.717) is 32.0 Å². The molecule has 59 nitrogen and oxygen atoms in total. The maximum atomic E-state index is 13.3. The number of anilines is 4. The Balaban J connectivity index is 0.000000254. The summed E-state index contributed by atoms with van der Waals surface area (Å²) in [6, 6.07) is 5.28. The lowest BCUT2D eigenvalue weighted by atomic mass is 9.74. The minimum atomic E-state index is -5.20. The highest BCUT2D eigenvalue weighted by atomic mass is 32.3. The number of piperidine rings is 1. The van der Waals surface area contributed by atoms with Gasteiger partial charge in [-0.15, -0.1) is 49.6 Å². The van der Waals surface area contributed by atoms with E-state index in [2.05, 4.69) is 69.0 Å². The third-order valence-corrected chi connectivity index (χ3v) is 25.2. The van der Waals surface area contributed by atoms with E-state index in [9.17, 15) is 116 Å². The number of hydrogen-bond donors (Lipinski definition) is 15. The van der Waals surface area contributed by atoms with Crippen LogP contribution in [0.2, 0.25) is 0 Å². The Hall–Kier alpha value is -13.2. The van der Waals surface area contributed by atoms with Crippen molar-refractivity contribution >= 4 is 220 Å². The molecule has 5 fully saturated rings. The molecular formula is C70H86N21O38S9-. The first-order valence-electron chi connectivity index (χ1n) is 38.5. The SMILES string of the molecule is CC1(C)[C@H](CC(=O)/C(=N\OCc2cc(=O)c(O)cn2O)c2csc(N)n2)C(=O)N1OS(=O)(=O)[O-].CC1(C)[C@H](CC(=O)/C(=N\O[C@@H](COc2ccc(C(N)=NC3CCNCC3)cc2)C(=O)O)c2csc(N)n2)C(=O)N1OS(=O)(=O)O.C[C@H]1[C@H](CC(=O)/C(=N\OC(C)(C)C(=O)O)c2csc(N)n2)C(=O)N1S(=O)(=O)O.NC(=O)OC[C@@H]1[C@H](CC(=O)/C(=N\OCC(=O)O)c2csc(N)n2)C(=O)N1S(=O)(=O)O.S. The van der Waals surface area contributed by atoms with Gasteiger partial charge >= 0.3 is 55.0 Å². The molecule has 1 aromatic carbocycles. The van der Waals surface area contributed by atoms with Gasteiger partial charge in [0.1, 0.15) is 53.3 Å². The number of hydrogen-bond acceptors (Lipinski definition) is 50. The van der Waals surface area contributed by atoms with Crippen molar-refractivity contribution in [1.29, 1.82) is 0 Å². The molecule has 5 aliphatic rings. The Morgan fingerprint density at radius 2 is 1.06 bits per heavy atom. The van der Waals surface area contributed by atoms with E-state index in [0.717, 1.165) is 83.5 Å². The molecule has 0 spiro atoms. The van der Waals surface area contributed by atoms with Gasteiger partial charge in [0.15, 0.2) is 78.9 Å². The van der Waals surface area contributed by atoms with Crippen molar-refractivity contribution in [2.75, 3.05) is 55.8 Å². The second-order valence-corrected chi connectivity index (χ2v) is 38.7. The van der Waals surface area contributed by atoms with Gasteiger partial charge in [0.2, 0.25) is 39.9 Å². The number of amides is 5. The minimum absolute atomic E-state index is 0. The van der Waals surface area contributed by atoms with Crippen LogP contribution in [0.1, 0.15) is 121 Å². The molecule has 754 valence electrons. The Bertz CT molecular complexity index is 6370. The number of nitrogens with two attached hydrogens (primary N) is 6. The van der Waals surface area contributed by atoms with Crippen LogP contribution in [-0.4, -0.2) is 294 Å². The number of amidine groups is 1. The van der Waals surface area contributed by atoms with E-state index in [1.54, 1.807) is 24.3 Å². The van der Waals surface area contributed by atoms with E-state index in [4.69, 9.17) is 77.5 Å². The fourth-order valence-electron chi connectivity index (χ4n) is 12.6. The molecule has 6 aromatic rings. The number of ether oxygens (including phenoxy) is 2. The summed E-state index contributed by atoms with van der Waals surface area (Å²) in [6.45, 7) is 8.65. The van der Waals surface area contributed by atoms with Crippen molar-refractivity contribution in [2.45, 2.75) is 135 Å². The molecule has 5 amide bonds. The number of nitrogen functional groups attached to an aromatic ring is 4. The molecule has 7 atom stereocenters. The number of aliphatic carboxylic acids is 3. The van der Waals surface area contributed by atoms with Crippen LogP contribution in [0.5, 0.6) is 11.5 Å². The third kappa shape index (κ3) is 29.2. The standard InChI is InChI=1S/C26H33N7O10S2.C17H19N5O10S2.C14H18N4O8S2.C13H15N5O10S2.H2S/c1-26(2)17(23(35)33(26)43-45(38,39)40)11-19(34)21(18-13-44-25(28)31-18)32-42-20(24(36)37)12-41-16-5-3-14(4-6-16)22(27)30-15-7-9-29-10-8-15;1-17(2)9(15(26)22(17)32-34(28,29)30)4-12(24)14(10-7-33-16(18)19-10)20-31-6-8-3-11(23)13(25)5-21(8)27;1-6-7(11(20)18(6)28(23,24)25)4-9(19)10(8-5-27-13(15)16-8)17-26-14(2,3)12(21)22;14-12-16-6(4-29-12)10(17-28-3-9(20)21)8(19)1-5-7(2-27-13(15)23)18(11(5)22)30(24,25)26;/h3-6,13,15,17,20,29H,7-12H2,1-2H3,(H2,27,30)(H2,28,31)(H,36,37)(H,38,39,40);3,5,7,9,25,27H,4,6H2,1-2H3,(H2,18,19)(H,28,29,30);5-7H,4H2,1-3H3,(H2,15,16)(H,21,22)(H,23,24,25);4-5,7H,1-3H2,(H2,14,16)(H2,15,23)(H,20,21)(H,24,25,26);1H2/p-1/b32-21-;20-14-;2*17-10-;/t17-,20+;9-;6-,7-;5-,7+;/m1100./s1. The van der Waals surface area contributed by atoms with Gasteiger partial charge in [0.25, 0.3) is 17.9 Å². The Labute approximate surface area is 801 Å². The molecule has 5 saturated heterocycles. The summed E-state index contributed by atoms with van der Waals surface area (Å²) in [6.07, 6.45) is -2.44. The number of rotatable bonds is 41. The van der Waals surface area contributed by atoms with Crippen LogP contribution in [-0.2, 0) is 133 Å². The van der Waals surface area contributed by atoms with Gasteiger partial charge in [-0.25, -0.2) is 56.1 Å². The van der Waals surface area contributed by atoms with E-state index in [-0.39, 0.29) is 88.6 Å². The van der Waals surface area contributed by atoms with Gasteiger partial charge in [0, 0.05) is 58.8 Å². The predicted molar refractivity (Wildman–Crippen MR) is 478 cm³/mol. The number of carboxylic acid groups (broad SMARTS) is 3. The summed E-state index contributed by atoms with van der Waals surface area (Å²) in [5.74, 6) is -15.5. The summed E-state index contributed by atoms with van der Waals surface area (Å²) in [7, 11) is -19.9. The molecule has 138 heavy (non-hydrogen) atoms. The third-order valence-electron chi connectivity index (χ3n) is 19.9. The van der Waals surface area contributed by atoms with Crippen molar-refractivity contribution in [3.8, 4) is 11.5 Å². The maximum Gasteiger partial charge on any atom is 0.418 e. The van der Waals surface area contributed by atoms with Crippen LogP contribution >= 0.6 is 58.8 Å². The van der Waals surface area contributed by atoms with Crippen molar-refractivity contribution in [3.05, 3.63) is 102 Å². The first kappa shape index (κ1) is 112. The first-order valence-corrected chi connectivity index (χ1v) is 47.6. The topological polar surface area (TPSA) is 917 Å². The highest BCUT2D eigenvalue weighted by Crippen LogP contribution is 2.43. The number of carbonyl (C=O) groups is 12. The maximum absolute atomic E-state index is 13.3. The van der Waals surface area contributed by atoms with Crippen LogP contribution in [0.3, 0.4) is 0 Å². The van der Waals surface area contributed by atoms with Crippen molar-refractivity contribution in [1.82, 2.24) is 48.7 Å². The van der Waals surface area contributed by atoms with Gasteiger partial charge in [-0.05, 0) is 98.7 Å². The zero-order chi connectivity index (χ0) is 102. The Morgan fingerprint density at radius 3 is 1.46 bits per heavy atom. The largest absolute Gasteiger partial charge is 0.724 e. The predicted octanol–water partition coefficient (Wildman–Crippen LogP) is -2.05. The van der Waals surface area contributed by atoms with Crippen molar-refractivity contribution < 1.29 is 172 Å². The van der Waals surface area contributed by atoms with Crippen LogP contribution in [0, 0.1) is 23.7 Å². The molecule has 11 rings (SSSR count). The number of β-lactam (4-membered cyclic amide) rings is 4. The highest BCUT2D eigenvalue weighted by molar-refractivity contribution is 7.84. The number of aromatic hydroxyl groups is 1. The molecular weight excluding hydrogens is 2030 g/mol. The number of carboxylic acids is 3. The number of thiazole rings is 4. The number of nitrogens with one attached hydrogen (secondary N) is 1. The van der Waals surface area contributed by atoms with E-state index in [1.165, 1.54) is 70.0 Å². The molecule has 0 radical (unpaired) electrons. The Morgan fingerprint density at radius 1 is 0.623 bits per heavy atom. The highest BCUT2D eigenvalue weighted by Gasteiger charge is 2.60. The number of Topliss-reactive ketones (excluding diaryl/α,β-unsaturated/α-hetero) is 4. The molecule has 21 N–H and O–H groups in total. The fourth-order valence-corrected chi connectivity index (χ4v) is 17.6. The van der Waals surface area contributed by atoms with Gasteiger partial charge in [-0.3, -0.25) is 61.8 Å². The minimum Gasteiger partial charge on any atom is -0.724 e. The number of ketones is 4. The first-order chi connectivity index (χ1) is 63.5. The number of pyridine rings is 1. The molecule has 5 aliphatic heterocycles. The number of primary amides is 1. The molecule has 0 unspecified atom stereocenters. The van der Waals surface area contributed by atoms with Crippen LogP contribution < -0.4 is 49.9 Å². The summed E-state index contributed by atoms with van der Waals surface area (Å²) >= 11 is 3.94. The lowest BCUT2D eigenvalue weighted by molar-refractivity contribution is -0.228. The van der Waals surface area contributed by atoms with Gasteiger partial charge in [-0.1, -0.05) is 20.6 Å². The van der Waals surface area contributed by atoms with Gasteiger partial charge < -0.3 is 98.7 Å². The molecule has 5 aromatic heterocycles. The van der Waals surface area contributed by atoms with Crippen LogP contribution in [0.25, 0.3) is 0 Å². The summed E-state index contributed by atoms with van der Waals surface area (Å²) < 4.78 is 146. The Kier molecular flexibility index (Phi) is 37.1. The zero-order valence-corrected chi connectivity index (χ0v) is 79.7. The second kappa shape index (κ2) is 45.8. The van der Waals surface area contributed by atoms with Crippen LogP contribution in [0.15, 0.2) is 88.5 Å². The lowest BCUT2D eigenvalue weighted by Gasteiger charge is -2.51. The smallest absolute Gasteiger partial charge is 0.418 e. The summed E-state index contributed by atoms with van der Waals surface area (Å²) in [4.78, 5) is 197. The number of carbonyl (C=O) groups excluding carboxylic acids is 9. The van der Waals surface area contributed by atoms with E-state index >= 15 is 0 Å². The molecule has 10 heterocycles. The van der Waals surface area contributed by atoms with Crippen molar-refractivity contribution in [2.24, 2.45) is 60.8 Å². The average Bonchev–Trinajstić information content (AvgIpc) is 0.874. The number of aliphatic imine (C=N–C) groups is 1. The monoisotopic (exact) mass is 2120 g/mol. The van der Waals surface area contributed by atoms with Gasteiger partial charge in [0.05, 0.1) is 59.1 Å². The van der Waals surface area contributed by atoms with Crippen molar-refractivity contribution in [3.63, 3.8) is 0 Å². The quantitative estimate of drug-likeness (QED) is 0.00374. The van der Waals surface area contributed by atoms with E-state index < -0.39 is 245 Å². The average molecular weight is 2120 g/mol. The van der Waals surface area contributed by atoms with Crippen LogP contribution in [0.4, 0.5) is 25.3 Å². The summed E-state index contributed by atoms with van der Waals surface area (Å²) in [5, 5.41) is 71.0. The lowest BCUT2D eigenvalue weighted by Crippen LogP contribution is -2.68. The fraction of sp³-hybridized carbons (Fsp3) is 0.429. The zero-order valence-electron chi connectivity index (χ0n) is 72.2. The number of benzene rings is 1. The number of oxime groups is 4. The number of nitrogens with zero attached hydrogens (tertiary/aromatic N) is 14. The number of hydroxylamine groups is 4. The van der Waals surface area contributed by atoms with E-state index in [1.807, 2.05) is 0 Å². The molecule has 0 saturated carbocycles. The summed E-state index contributed by atoms with van der Waals surface area (Å²) in [5.41, 5.74) is 27.2. The molecule has 68 heteroatoms.